The number of nitrogens with zero attached hydrogens (tertiary/aromatic N) is 1. The zero-order valence-electron chi connectivity index (χ0n) is 9.21. The maximum Gasteiger partial charge on any atom is 0.211 e. The van der Waals surface area contributed by atoms with Gasteiger partial charge in [0.25, 0.3) is 0 Å². The van der Waals surface area contributed by atoms with Crippen molar-refractivity contribution >= 4 is 27.4 Å². The van der Waals surface area contributed by atoms with Crippen molar-refractivity contribution in [3.8, 4) is 5.75 Å². The van der Waals surface area contributed by atoms with Gasteiger partial charge in [0.05, 0.1) is 15.7 Å². The predicted octanol–water partition coefficient (Wildman–Crippen LogP) is 2.62. The van der Waals surface area contributed by atoms with Crippen LogP contribution in [-0.2, 0) is 0 Å². The van der Waals surface area contributed by atoms with Gasteiger partial charge in [0, 0.05) is 14.1 Å². The van der Waals surface area contributed by atoms with Crippen LogP contribution in [0.1, 0.15) is 23.2 Å². The van der Waals surface area contributed by atoms with Gasteiger partial charge >= 0.3 is 0 Å². The van der Waals surface area contributed by atoms with Crippen LogP contribution in [0.15, 0.2) is 16.6 Å². The van der Waals surface area contributed by atoms with Crippen LogP contribution in [0.5, 0.6) is 5.75 Å². The Bertz CT molecular complexity index is 492. The van der Waals surface area contributed by atoms with E-state index in [1.165, 1.54) is 0 Å². The molecule has 1 aliphatic carbocycles. The van der Waals surface area contributed by atoms with Crippen molar-refractivity contribution in [2.45, 2.75) is 18.4 Å². The zero-order chi connectivity index (χ0) is 11.5. The summed E-state index contributed by atoms with van der Waals surface area (Å²) in [5.41, 5.74) is 1.22. The minimum atomic E-state index is -0.504. The second-order valence-electron chi connectivity index (χ2n) is 4.59. The maximum atomic E-state index is 12.2. The molecule has 0 atom stereocenters. The normalized spacial score (nSPS) is 19.6. The van der Waals surface area contributed by atoms with Crippen LogP contribution in [0.2, 0.25) is 0 Å². The minimum absolute atomic E-state index is 0.137. The highest BCUT2D eigenvalue weighted by molar-refractivity contribution is 9.10. The quantitative estimate of drug-likeness (QED) is 0.793. The van der Waals surface area contributed by atoms with Gasteiger partial charge < -0.3 is 9.64 Å². The lowest BCUT2D eigenvalue weighted by atomic mass is 10.1. The van der Waals surface area contributed by atoms with E-state index in [0.29, 0.717) is 5.56 Å². The number of benzene rings is 1. The maximum absolute atomic E-state index is 12.2. The number of hydrogen-bond acceptors (Lipinski definition) is 3. The molecule has 0 radical (unpaired) electrons. The van der Waals surface area contributed by atoms with Crippen LogP contribution in [0.4, 0.5) is 5.69 Å². The molecular weight excluding hydrogens is 270 g/mol. The Labute approximate surface area is 103 Å². The second kappa shape index (κ2) is 3.00. The van der Waals surface area contributed by atoms with Crippen LogP contribution < -0.4 is 9.64 Å². The molecule has 1 aromatic rings. The minimum Gasteiger partial charge on any atom is -0.478 e. The van der Waals surface area contributed by atoms with E-state index >= 15 is 0 Å². The molecule has 1 fully saturated rings. The lowest BCUT2D eigenvalue weighted by molar-refractivity contribution is 0.0820. The molecule has 16 heavy (non-hydrogen) atoms. The molecule has 0 N–H and O–H groups in total. The molecule has 1 spiro atoms. The Hall–Kier alpha value is -1.03. The summed E-state index contributed by atoms with van der Waals surface area (Å²) < 4.78 is 6.59. The molecule has 0 aromatic heterocycles. The standard InChI is InChI=1S/C12H12BrNO2/c1-14(2)7-3-4-8-9(10(7)13)11(15)12(16-8)5-6-12/h3-4H,5-6H2,1-2H3. The lowest BCUT2D eigenvalue weighted by Crippen LogP contribution is -2.22. The molecular formula is C12H12BrNO2. The van der Waals surface area contributed by atoms with E-state index in [2.05, 4.69) is 15.9 Å². The number of halogens is 1. The molecule has 3 rings (SSSR count). The predicted molar refractivity (Wildman–Crippen MR) is 65.4 cm³/mol. The third-order valence-corrected chi connectivity index (χ3v) is 4.02. The smallest absolute Gasteiger partial charge is 0.211 e. The van der Waals surface area contributed by atoms with Crippen LogP contribution in [-0.4, -0.2) is 25.5 Å². The van der Waals surface area contributed by atoms with Crippen molar-refractivity contribution in [2.24, 2.45) is 0 Å². The van der Waals surface area contributed by atoms with Crippen molar-refractivity contribution in [1.29, 1.82) is 0 Å². The van der Waals surface area contributed by atoms with Crippen molar-refractivity contribution in [3.63, 3.8) is 0 Å². The number of rotatable bonds is 1. The summed E-state index contributed by atoms with van der Waals surface area (Å²) in [5, 5.41) is 0. The Morgan fingerprint density at radius 1 is 1.38 bits per heavy atom. The van der Waals surface area contributed by atoms with E-state index < -0.39 is 5.60 Å². The molecule has 0 amide bonds. The first kappa shape index (κ1) is 10.1. The van der Waals surface area contributed by atoms with E-state index in [-0.39, 0.29) is 5.78 Å². The Morgan fingerprint density at radius 3 is 2.62 bits per heavy atom. The number of carbonyl (C=O) groups is 1. The SMILES string of the molecule is CN(C)c1ccc2c(c1Br)C(=O)C1(CC1)O2. The van der Waals surface area contributed by atoms with Crippen LogP contribution in [0, 0.1) is 0 Å². The van der Waals surface area contributed by atoms with E-state index in [4.69, 9.17) is 4.74 Å². The molecule has 1 aromatic carbocycles. The lowest BCUT2D eigenvalue weighted by Gasteiger charge is -2.15. The number of fused-ring (bicyclic) bond motifs is 1. The van der Waals surface area contributed by atoms with E-state index in [0.717, 1.165) is 28.8 Å². The molecule has 0 bridgehead atoms. The van der Waals surface area contributed by atoms with Gasteiger partial charge in [0.15, 0.2) is 5.60 Å². The highest BCUT2D eigenvalue weighted by atomic mass is 79.9. The van der Waals surface area contributed by atoms with Gasteiger partial charge in [-0.05, 0) is 40.9 Å². The molecule has 3 nitrogen and oxygen atoms in total. The largest absolute Gasteiger partial charge is 0.478 e. The molecule has 0 saturated heterocycles. The average molecular weight is 282 g/mol. The Morgan fingerprint density at radius 2 is 2.06 bits per heavy atom. The van der Waals surface area contributed by atoms with Gasteiger partial charge in [-0.2, -0.15) is 0 Å². The topological polar surface area (TPSA) is 29.5 Å². The van der Waals surface area contributed by atoms with Crippen LogP contribution in [0.3, 0.4) is 0 Å². The fourth-order valence-electron chi connectivity index (χ4n) is 2.12. The summed E-state index contributed by atoms with van der Waals surface area (Å²) in [6, 6.07) is 3.86. The summed E-state index contributed by atoms with van der Waals surface area (Å²) in [4.78, 5) is 14.2. The first-order valence-electron chi connectivity index (χ1n) is 5.29. The van der Waals surface area contributed by atoms with Gasteiger partial charge in [0.2, 0.25) is 5.78 Å². The molecule has 2 aliphatic rings. The number of ether oxygens (including phenoxy) is 1. The highest BCUT2D eigenvalue weighted by Crippen LogP contribution is 2.52. The number of carbonyl (C=O) groups excluding carboxylic acids is 1. The van der Waals surface area contributed by atoms with E-state index in [1.54, 1.807) is 0 Å². The molecule has 4 heteroatoms. The van der Waals surface area contributed by atoms with Gasteiger partial charge in [-0.3, -0.25) is 4.79 Å². The molecule has 1 saturated carbocycles. The summed E-state index contributed by atoms with van der Waals surface area (Å²) in [6.45, 7) is 0. The van der Waals surface area contributed by atoms with E-state index in [9.17, 15) is 4.79 Å². The molecule has 1 heterocycles. The first-order chi connectivity index (χ1) is 7.55. The van der Waals surface area contributed by atoms with Gasteiger partial charge in [0.1, 0.15) is 5.75 Å². The number of ketones is 1. The monoisotopic (exact) mass is 281 g/mol. The average Bonchev–Trinajstić information content (AvgIpc) is 2.91. The van der Waals surface area contributed by atoms with Gasteiger partial charge in [-0.25, -0.2) is 0 Å². The fourth-order valence-corrected chi connectivity index (χ4v) is 2.98. The van der Waals surface area contributed by atoms with Crippen molar-refractivity contribution in [3.05, 3.63) is 22.2 Å². The third-order valence-electron chi connectivity index (χ3n) is 3.22. The third kappa shape index (κ3) is 1.16. The van der Waals surface area contributed by atoms with Crippen LogP contribution in [0.25, 0.3) is 0 Å². The highest BCUT2D eigenvalue weighted by Gasteiger charge is 2.58. The molecule has 1 aliphatic heterocycles. The van der Waals surface area contributed by atoms with E-state index in [1.807, 2.05) is 31.1 Å². The summed E-state index contributed by atoms with van der Waals surface area (Å²) >= 11 is 3.51. The van der Waals surface area contributed by atoms with Crippen LogP contribution >= 0.6 is 15.9 Å². The fraction of sp³-hybridized carbons (Fsp3) is 0.417. The number of Topliss-reactive ketones (excluding diaryl/α,β-unsaturated/α-hetero) is 1. The van der Waals surface area contributed by atoms with Gasteiger partial charge in [-0.15, -0.1) is 0 Å². The summed E-state index contributed by atoms with van der Waals surface area (Å²) in [5.74, 6) is 0.859. The van der Waals surface area contributed by atoms with Gasteiger partial charge in [-0.1, -0.05) is 0 Å². The second-order valence-corrected chi connectivity index (χ2v) is 5.38. The van der Waals surface area contributed by atoms with Crippen molar-refractivity contribution < 1.29 is 9.53 Å². The zero-order valence-corrected chi connectivity index (χ0v) is 10.8. The van der Waals surface area contributed by atoms with Crippen molar-refractivity contribution in [2.75, 3.05) is 19.0 Å². The molecule has 0 unspecified atom stereocenters. The summed E-state index contributed by atoms with van der Waals surface area (Å²) in [6.07, 6.45) is 1.70. The van der Waals surface area contributed by atoms with Crippen molar-refractivity contribution in [1.82, 2.24) is 0 Å². The Kier molecular flexibility index (Phi) is 1.90. The number of anilines is 1. The summed E-state index contributed by atoms with van der Waals surface area (Å²) in [7, 11) is 3.92. The first-order valence-corrected chi connectivity index (χ1v) is 6.08. The Balaban J connectivity index is 2.17. The number of hydrogen-bond donors (Lipinski definition) is 0. The molecule has 84 valence electrons.